The molecule has 3 rings (SSSR count). The minimum Gasteiger partial charge on any atom is -0.326 e. The summed E-state index contributed by atoms with van der Waals surface area (Å²) in [6.45, 7) is 2.07. The lowest BCUT2D eigenvalue weighted by Gasteiger charge is -2.32. The van der Waals surface area contributed by atoms with Gasteiger partial charge in [-0.1, -0.05) is 13.3 Å². The molecule has 2 saturated carbocycles. The van der Waals surface area contributed by atoms with Crippen molar-refractivity contribution in [2.75, 3.05) is 17.8 Å². The number of carbonyl (C=O) groups excluding carboxylic acids is 2. The lowest BCUT2D eigenvalue weighted by Crippen LogP contribution is -2.38. The molecule has 2 aliphatic carbocycles. The molecule has 6 heteroatoms. The van der Waals surface area contributed by atoms with Crippen molar-refractivity contribution in [1.29, 1.82) is 0 Å². The van der Waals surface area contributed by atoms with Gasteiger partial charge >= 0.3 is 0 Å². The molecule has 2 bridgehead atoms. The summed E-state index contributed by atoms with van der Waals surface area (Å²) in [5, 5.41) is 2.99. The van der Waals surface area contributed by atoms with Crippen LogP contribution in [0.4, 0.5) is 5.69 Å². The van der Waals surface area contributed by atoms with E-state index in [1.54, 1.807) is 24.3 Å². The van der Waals surface area contributed by atoms with E-state index in [4.69, 9.17) is 0 Å². The Bertz CT molecular complexity index is 785. The maximum atomic E-state index is 12.7. The average molecular weight is 348 g/mol. The van der Waals surface area contributed by atoms with E-state index in [9.17, 15) is 13.8 Å². The number of benzene rings is 1. The zero-order valence-electron chi connectivity index (χ0n) is 14.4. The van der Waals surface area contributed by atoms with Gasteiger partial charge in [0.1, 0.15) is 0 Å². The first kappa shape index (κ1) is 17.1. The lowest BCUT2D eigenvalue weighted by atomic mass is 9.74. The standard InChI is InChI=1S/C18H24N2O3S/c1-18(11-12-4-7-14(18)10-12)17(22)19-15-8-5-13(6-9-15)16(21)20-24(2,3)23/h5-6,8-9,12,14H,4,7,10-11H2,1-3H3,(H,19,22). The summed E-state index contributed by atoms with van der Waals surface area (Å²) < 4.78 is 15.3. The SMILES string of the molecule is CC1(C(=O)Nc2ccc(C(=O)N=S(C)(C)=O)cc2)CC2CCC1C2. The quantitative estimate of drug-likeness (QED) is 0.910. The van der Waals surface area contributed by atoms with Crippen LogP contribution in [0.25, 0.3) is 0 Å². The Morgan fingerprint density at radius 2 is 1.88 bits per heavy atom. The van der Waals surface area contributed by atoms with Crippen molar-refractivity contribution in [3.63, 3.8) is 0 Å². The van der Waals surface area contributed by atoms with Crippen LogP contribution in [0.2, 0.25) is 0 Å². The van der Waals surface area contributed by atoms with Crippen molar-refractivity contribution in [2.45, 2.75) is 32.6 Å². The van der Waals surface area contributed by atoms with Crippen molar-refractivity contribution in [1.82, 2.24) is 0 Å². The first-order valence-corrected chi connectivity index (χ1v) is 10.6. The van der Waals surface area contributed by atoms with Gasteiger partial charge in [0.25, 0.3) is 5.91 Å². The average Bonchev–Trinajstić information content (AvgIpc) is 3.07. The van der Waals surface area contributed by atoms with Crippen LogP contribution in [0.15, 0.2) is 28.6 Å². The minimum absolute atomic E-state index is 0.0728. The van der Waals surface area contributed by atoms with Crippen LogP contribution in [-0.4, -0.2) is 28.5 Å². The zero-order chi connectivity index (χ0) is 17.5. The lowest BCUT2D eigenvalue weighted by molar-refractivity contribution is -0.127. The van der Waals surface area contributed by atoms with Crippen LogP contribution in [0.1, 0.15) is 43.0 Å². The van der Waals surface area contributed by atoms with Gasteiger partial charge < -0.3 is 5.32 Å². The molecule has 5 nitrogen and oxygen atoms in total. The maximum absolute atomic E-state index is 12.7. The largest absolute Gasteiger partial charge is 0.326 e. The van der Waals surface area contributed by atoms with Gasteiger partial charge in [-0.3, -0.25) is 9.59 Å². The third kappa shape index (κ3) is 3.38. The molecule has 1 aromatic carbocycles. The molecular weight excluding hydrogens is 324 g/mol. The summed E-state index contributed by atoms with van der Waals surface area (Å²) in [6, 6.07) is 6.61. The first-order valence-electron chi connectivity index (χ1n) is 8.30. The van der Waals surface area contributed by atoms with E-state index < -0.39 is 15.6 Å². The van der Waals surface area contributed by atoms with Gasteiger partial charge in [-0.2, -0.15) is 4.36 Å². The fourth-order valence-corrected chi connectivity index (χ4v) is 4.61. The highest BCUT2D eigenvalue weighted by Crippen LogP contribution is 2.56. The van der Waals surface area contributed by atoms with Gasteiger partial charge in [0.15, 0.2) is 0 Å². The molecule has 2 fully saturated rings. The van der Waals surface area contributed by atoms with Gasteiger partial charge in [-0.05, 0) is 55.4 Å². The molecule has 1 N–H and O–H groups in total. The highest BCUT2D eigenvalue weighted by molar-refractivity contribution is 7.92. The van der Waals surface area contributed by atoms with Gasteiger partial charge in [0.05, 0.1) is 0 Å². The Hall–Kier alpha value is -1.69. The monoisotopic (exact) mass is 348 g/mol. The second kappa shape index (κ2) is 5.99. The van der Waals surface area contributed by atoms with Crippen molar-refractivity contribution in [3.05, 3.63) is 29.8 Å². The number of nitrogens with zero attached hydrogens (tertiary/aromatic N) is 1. The molecule has 3 atom stereocenters. The maximum Gasteiger partial charge on any atom is 0.285 e. The van der Waals surface area contributed by atoms with Crippen LogP contribution in [0.5, 0.6) is 0 Å². The van der Waals surface area contributed by atoms with E-state index in [0.717, 1.165) is 12.8 Å². The molecule has 0 aliphatic heterocycles. The molecule has 0 radical (unpaired) electrons. The summed E-state index contributed by atoms with van der Waals surface area (Å²) in [5.74, 6) is 0.765. The second-order valence-electron chi connectivity index (χ2n) is 7.61. The summed E-state index contributed by atoms with van der Waals surface area (Å²) in [6.07, 6.45) is 7.40. The van der Waals surface area contributed by atoms with Crippen molar-refractivity contribution in [2.24, 2.45) is 21.6 Å². The molecule has 2 amide bonds. The molecular formula is C18H24N2O3S. The molecule has 2 aliphatic rings. The zero-order valence-corrected chi connectivity index (χ0v) is 15.2. The van der Waals surface area contributed by atoms with Crippen LogP contribution in [0.3, 0.4) is 0 Å². The molecule has 0 heterocycles. The Labute approximate surface area is 143 Å². The van der Waals surface area contributed by atoms with E-state index in [1.807, 2.05) is 0 Å². The highest BCUT2D eigenvalue weighted by atomic mass is 32.2. The third-order valence-corrected chi connectivity index (χ3v) is 5.97. The van der Waals surface area contributed by atoms with Crippen LogP contribution in [0, 0.1) is 17.3 Å². The molecule has 0 spiro atoms. The number of carbonyl (C=O) groups is 2. The fraction of sp³-hybridized carbons (Fsp3) is 0.556. The fourth-order valence-electron chi connectivity index (χ4n) is 4.11. The van der Waals surface area contributed by atoms with Gasteiger partial charge in [0, 0.05) is 38.9 Å². The number of nitrogens with one attached hydrogen (secondary N) is 1. The Morgan fingerprint density at radius 3 is 2.38 bits per heavy atom. The normalized spacial score (nSPS) is 28.6. The van der Waals surface area contributed by atoms with E-state index in [2.05, 4.69) is 16.6 Å². The van der Waals surface area contributed by atoms with E-state index in [0.29, 0.717) is 23.1 Å². The summed E-state index contributed by atoms with van der Waals surface area (Å²) in [4.78, 5) is 24.6. The van der Waals surface area contributed by atoms with Gasteiger partial charge in [0.2, 0.25) is 5.91 Å². The van der Waals surface area contributed by atoms with Gasteiger partial charge in [-0.15, -0.1) is 0 Å². The molecule has 3 unspecified atom stereocenters. The third-order valence-electron chi connectivity index (χ3n) is 5.37. The number of hydrogen-bond donors (Lipinski definition) is 1. The van der Waals surface area contributed by atoms with E-state index in [1.165, 1.54) is 25.4 Å². The highest BCUT2D eigenvalue weighted by Gasteiger charge is 2.52. The predicted octanol–water partition coefficient (Wildman–Crippen LogP) is 3.32. The molecule has 0 aromatic heterocycles. The topological polar surface area (TPSA) is 75.6 Å². The predicted molar refractivity (Wildman–Crippen MR) is 95.4 cm³/mol. The van der Waals surface area contributed by atoms with Gasteiger partial charge in [-0.25, -0.2) is 4.21 Å². The summed E-state index contributed by atoms with van der Waals surface area (Å²) in [5.41, 5.74) is 0.771. The molecule has 24 heavy (non-hydrogen) atoms. The molecule has 130 valence electrons. The van der Waals surface area contributed by atoms with Crippen LogP contribution >= 0.6 is 0 Å². The van der Waals surface area contributed by atoms with E-state index in [-0.39, 0.29) is 11.3 Å². The second-order valence-corrected chi connectivity index (χ2v) is 10.2. The van der Waals surface area contributed by atoms with E-state index >= 15 is 0 Å². The number of anilines is 1. The smallest absolute Gasteiger partial charge is 0.285 e. The van der Waals surface area contributed by atoms with Crippen LogP contribution in [-0.2, 0) is 14.5 Å². The minimum atomic E-state index is -2.47. The summed E-state index contributed by atoms with van der Waals surface area (Å²) in [7, 11) is -2.47. The van der Waals surface area contributed by atoms with Crippen molar-refractivity contribution in [3.8, 4) is 0 Å². The Kier molecular flexibility index (Phi) is 4.28. The molecule has 1 aromatic rings. The summed E-state index contributed by atoms with van der Waals surface area (Å²) >= 11 is 0. The molecule has 0 saturated heterocycles. The Morgan fingerprint density at radius 1 is 1.21 bits per heavy atom. The first-order chi connectivity index (χ1) is 11.2. The number of amides is 2. The van der Waals surface area contributed by atoms with Crippen molar-refractivity contribution < 1.29 is 13.8 Å². The number of hydrogen-bond acceptors (Lipinski definition) is 3. The Balaban J connectivity index is 1.70. The number of fused-ring (bicyclic) bond motifs is 2. The van der Waals surface area contributed by atoms with Crippen LogP contribution < -0.4 is 5.32 Å². The number of rotatable bonds is 3. The van der Waals surface area contributed by atoms with Crippen molar-refractivity contribution >= 4 is 27.2 Å².